The second-order valence-electron chi connectivity index (χ2n) is 9.35. The van der Waals surface area contributed by atoms with Crippen LogP contribution in [0.1, 0.15) is 103 Å². The van der Waals surface area contributed by atoms with Gasteiger partial charge >= 0.3 is 5.97 Å². The number of hydrogen-bond donors (Lipinski definition) is 4. The van der Waals surface area contributed by atoms with Crippen molar-refractivity contribution in [3.8, 4) is 0 Å². The molecule has 0 spiro atoms. The minimum Gasteiger partial charge on any atom is -0.469 e. The zero-order chi connectivity index (χ0) is 23.8. The molecule has 190 valence electrons. The molecule has 1 aliphatic heterocycles. The molecule has 0 aromatic heterocycles. The fourth-order valence-electron chi connectivity index (χ4n) is 4.66. The first-order valence-corrected chi connectivity index (χ1v) is 12.8. The van der Waals surface area contributed by atoms with E-state index in [2.05, 4.69) is 11.7 Å². The molecule has 1 heterocycles. The molecular formula is C25H48O7. The maximum absolute atomic E-state index is 11.2. The molecule has 1 saturated heterocycles. The molecule has 7 heteroatoms. The summed E-state index contributed by atoms with van der Waals surface area (Å²) in [5.74, 6) is -0.0886. The van der Waals surface area contributed by atoms with Gasteiger partial charge in [-0.05, 0) is 25.2 Å². The Hall–Kier alpha value is -0.730. The van der Waals surface area contributed by atoms with E-state index in [-0.39, 0.29) is 18.5 Å². The number of carbonyl (C=O) groups excluding carboxylic acids is 1. The van der Waals surface area contributed by atoms with Gasteiger partial charge in [0.25, 0.3) is 0 Å². The van der Waals surface area contributed by atoms with Crippen molar-refractivity contribution < 1.29 is 34.7 Å². The molecule has 6 atom stereocenters. The molecule has 32 heavy (non-hydrogen) atoms. The van der Waals surface area contributed by atoms with Crippen molar-refractivity contribution in [1.82, 2.24) is 0 Å². The van der Waals surface area contributed by atoms with Gasteiger partial charge in [0.05, 0.1) is 19.8 Å². The minimum absolute atomic E-state index is 0.0758. The van der Waals surface area contributed by atoms with E-state index < -0.39 is 30.5 Å². The lowest BCUT2D eigenvalue weighted by molar-refractivity contribution is -0.242. The van der Waals surface area contributed by atoms with E-state index in [0.29, 0.717) is 6.42 Å². The van der Waals surface area contributed by atoms with Crippen molar-refractivity contribution in [2.75, 3.05) is 13.7 Å². The standard InChI is InChI=1S/C25H48O7/c1-3-4-5-6-7-9-12-15-19(16-13-10-8-11-14-17-21(27)31-2)25-24(30)23(29)22(28)20(18-26)32-25/h19-20,22-26,28-30H,3-18H2,1-2H3/t19?,20-,22+,23+,24-,25?/m1/s1. The van der Waals surface area contributed by atoms with Crippen LogP contribution in [0.15, 0.2) is 0 Å². The largest absolute Gasteiger partial charge is 0.469 e. The molecule has 1 fully saturated rings. The molecule has 0 amide bonds. The van der Waals surface area contributed by atoms with E-state index in [1.54, 1.807) is 0 Å². The fourth-order valence-corrected chi connectivity index (χ4v) is 4.66. The second kappa shape index (κ2) is 17.7. The molecule has 0 aromatic rings. The lowest BCUT2D eigenvalue weighted by Crippen LogP contribution is -2.60. The summed E-state index contributed by atoms with van der Waals surface area (Å²) in [6, 6.07) is 0. The van der Waals surface area contributed by atoms with Gasteiger partial charge < -0.3 is 29.9 Å². The summed E-state index contributed by atoms with van der Waals surface area (Å²) in [6.07, 6.45) is 10.4. The third-order valence-electron chi connectivity index (χ3n) is 6.76. The normalized spacial score (nSPS) is 26.8. The van der Waals surface area contributed by atoms with E-state index in [0.717, 1.165) is 57.8 Å². The maximum atomic E-state index is 11.2. The second-order valence-corrected chi connectivity index (χ2v) is 9.35. The van der Waals surface area contributed by atoms with E-state index in [1.165, 1.54) is 39.2 Å². The Labute approximate surface area is 194 Å². The van der Waals surface area contributed by atoms with Crippen LogP contribution in [0.25, 0.3) is 0 Å². The van der Waals surface area contributed by atoms with E-state index in [4.69, 9.17) is 4.74 Å². The monoisotopic (exact) mass is 460 g/mol. The number of unbranched alkanes of at least 4 members (excludes halogenated alkanes) is 10. The third-order valence-corrected chi connectivity index (χ3v) is 6.76. The molecule has 0 bridgehead atoms. The van der Waals surface area contributed by atoms with E-state index in [9.17, 15) is 25.2 Å². The van der Waals surface area contributed by atoms with Crippen LogP contribution < -0.4 is 0 Å². The van der Waals surface area contributed by atoms with Gasteiger partial charge in [0.1, 0.15) is 24.4 Å². The van der Waals surface area contributed by atoms with Gasteiger partial charge in [-0.3, -0.25) is 4.79 Å². The van der Waals surface area contributed by atoms with E-state index >= 15 is 0 Å². The SMILES string of the molecule is CCCCCCCCCC(CCCCCCCC(=O)OC)C1O[C@H](CO)[C@H](O)[C@H](O)[C@H]1O. The van der Waals surface area contributed by atoms with Crippen LogP contribution in [-0.4, -0.2) is 70.6 Å². The topological polar surface area (TPSA) is 116 Å². The summed E-state index contributed by atoms with van der Waals surface area (Å²) in [4.78, 5) is 11.2. The van der Waals surface area contributed by atoms with Crippen LogP contribution in [0, 0.1) is 5.92 Å². The van der Waals surface area contributed by atoms with Gasteiger partial charge in [-0.25, -0.2) is 0 Å². The Balaban J connectivity index is 2.50. The van der Waals surface area contributed by atoms with Gasteiger partial charge in [0, 0.05) is 6.42 Å². The van der Waals surface area contributed by atoms with Gasteiger partial charge in [-0.1, -0.05) is 77.6 Å². The van der Waals surface area contributed by atoms with Crippen LogP contribution in [0.3, 0.4) is 0 Å². The Morgan fingerprint density at radius 1 is 0.812 bits per heavy atom. The first kappa shape index (κ1) is 29.3. The van der Waals surface area contributed by atoms with Crippen LogP contribution in [-0.2, 0) is 14.3 Å². The number of esters is 1. The van der Waals surface area contributed by atoms with Gasteiger partial charge in [0.2, 0.25) is 0 Å². The number of aliphatic hydroxyl groups excluding tert-OH is 4. The van der Waals surface area contributed by atoms with Gasteiger partial charge in [-0.2, -0.15) is 0 Å². The molecule has 1 rings (SSSR count). The lowest BCUT2D eigenvalue weighted by atomic mass is 9.82. The highest BCUT2D eigenvalue weighted by Gasteiger charge is 2.45. The molecule has 0 aliphatic carbocycles. The number of hydrogen-bond acceptors (Lipinski definition) is 7. The van der Waals surface area contributed by atoms with E-state index in [1.807, 2.05) is 0 Å². The summed E-state index contributed by atoms with van der Waals surface area (Å²) in [5.41, 5.74) is 0. The summed E-state index contributed by atoms with van der Waals surface area (Å²) in [5, 5.41) is 40.4. The number of rotatable bonds is 18. The Kier molecular flexibility index (Phi) is 16.2. The molecule has 1 aliphatic rings. The predicted octanol–water partition coefficient (Wildman–Crippen LogP) is 3.49. The Morgan fingerprint density at radius 2 is 1.34 bits per heavy atom. The highest BCUT2D eigenvalue weighted by Crippen LogP contribution is 2.32. The summed E-state index contributed by atoms with van der Waals surface area (Å²) < 4.78 is 10.5. The van der Waals surface area contributed by atoms with Crippen LogP contribution in [0.5, 0.6) is 0 Å². The van der Waals surface area contributed by atoms with Crippen LogP contribution >= 0.6 is 0 Å². The number of methoxy groups -OCH3 is 1. The van der Waals surface area contributed by atoms with Crippen molar-refractivity contribution in [2.24, 2.45) is 5.92 Å². The van der Waals surface area contributed by atoms with Crippen LogP contribution in [0.4, 0.5) is 0 Å². The van der Waals surface area contributed by atoms with Crippen molar-refractivity contribution in [2.45, 2.75) is 134 Å². The predicted molar refractivity (Wildman–Crippen MR) is 124 cm³/mol. The Bertz CT molecular complexity index is 471. The van der Waals surface area contributed by atoms with Crippen molar-refractivity contribution in [3.63, 3.8) is 0 Å². The third kappa shape index (κ3) is 10.9. The number of aliphatic hydroxyl groups is 4. The average Bonchev–Trinajstić information content (AvgIpc) is 2.80. The number of ether oxygens (including phenoxy) is 2. The average molecular weight is 461 g/mol. The summed E-state index contributed by atoms with van der Waals surface area (Å²) in [7, 11) is 1.41. The van der Waals surface area contributed by atoms with Gasteiger partial charge in [0.15, 0.2) is 0 Å². The molecular weight excluding hydrogens is 412 g/mol. The van der Waals surface area contributed by atoms with Crippen molar-refractivity contribution in [1.29, 1.82) is 0 Å². The quantitative estimate of drug-likeness (QED) is 0.183. The Morgan fingerprint density at radius 3 is 1.88 bits per heavy atom. The molecule has 0 aromatic carbocycles. The highest BCUT2D eigenvalue weighted by atomic mass is 16.5. The molecule has 0 saturated carbocycles. The lowest BCUT2D eigenvalue weighted by Gasteiger charge is -2.43. The molecule has 4 N–H and O–H groups in total. The first-order valence-electron chi connectivity index (χ1n) is 12.8. The summed E-state index contributed by atoms with van der Waals surface area (Å²) >= 11 is 0. The highest BCUT2D eigenvalue weighted by molar-refractivity contribution is 5.68. The maximum Gasteiger partial charge on any atom is 0.305 e. The zero-order valence-corrected chi connectivity index (χ0v) is 20.3. The minimum atomic E-state index is -1.30. The smallest absolute Gasteiger partial charge is 0.305 e. The van der Waals surface area contributed by atoms with Crippen molar-refractivity contribution >= 4 is 5.97 Å². The fraction of sp³-hybridized carbons (Fsp3) is 0.960. The summed E-state index contributed by atoms with van der Waals surface area (Å²) in [6.45, 7) is 1.83. The zero-order valence-electron chi connectivity index (χ0n) is 20.3. The molecule has 2 unspecified atom stereocenters. The van der Waals surface area contributed by atoms with Crippen LogP contribution in [0.2, 0.25) is 0 Å². The van der Waals surface area contributed by atoms with Gasteiger partial charge in [-0.15, -0.1) is 0 Å². The molecule has 0 radical (unpaired) electrons. The first-order chi connectivity index (χ1) is 15.5. The molecule has 7 nitrogen and oxygen atoms in total. The number of carbonyl (C=O) groups is 1. The van der Waals surface area contributed by atoms with Crippen molar-refractivity contribution in [3.05, 3.63) is 0 Å².